The summed E-state index contributed by atoms with van der Waals surface area (Å²) in [5, 5.41) is 45.6. The summed E-state index contributed by atoms with van der Waals surface area (Å²) in [7, 11) is 7.20. The summed E-state index contributed by atoms with van der Waals surface area (Å²) >= 11 is 0. The van der Waals surface area contributed by atoms with Gasteiger partial charge in [0.1, 0.15) is 22.8 Å². The number of aromatic hydroxyl groups is 1. The number of benzene rings is 1. The van der Waals surface area contributed by atoms with Crippen molar-refractivity contribution in [2.45, 2.75) is 50.8 Å². The first kappa shape index (κ1) is 29.1. The lowest BCUT2D eigenvalue weighted by atomic mass is 9.57. The van der Waals surface area contributed by atoms with Gasteiger partial charge >= 0.3 is 0 Å². The maximum absolute atomic E-state index is 14.1. The molecule has 0 saturated heterocycles. The molecule has 1 aromatic rings. The van der Waals surface area contributed by atoms with Gasteiger partial charge in [-0.15, -0.1) is 0 Å². The van der Waals surface area contributed by atoms with Crippen LogP contribution in [0.25, 0.3) is 5.76 Å². The summed E-state index contributed by atoms with van der Waals surface area (Å²) < 4.78 is 0. The number of Topliss-reactive ketones (excluding diaryl/α,β-unsaturated/α-hetero) is 2. The average molecular weight is 569 g/mol. The van der Waals surface area contributed by atoms with E-state index in [0.29, 0.717) is 11.5 Å². The number of phenols is 1. The van der Waals surface area contributed by atoms with Crippen molar-refractivity contribution in [3.8, 4) is 5.75 Å². The number of carbonyl (C=O) groups is 3. The Balaban J connectivity index is 1.70. The lowest BCUT2D eigenvalue weighted by Crippen LogP contribution is -2.65. The number of rotatable bonds is 5. The number of aliphatic hydroxyl groups excluding tert-OH is 2. The van der Waals surface area contributed by atoms with E-state index in [0.717, 1.165) is 30.8 Å². The lowest BCUT2D eigenvalue weighted by Gasteiger charge is -2.50. The van der Waals surface area contributed by atoms with Gasteiger partial charge in [-0.3, -0.25) is 24.2 Å². The molecule has 1 aliphatic heterocycles. The normalized spacial score (nSPS) is 29.7. The number of aliphatic hydroxyl groups is 3. The van der Waals surface area contributed by atoms with Crippen LogP contribution in [0.15, 0.2) is 23.0 Å². The standard InChI is InChI=1S/C30H40N4O7/c1-13(2)12-34(6)18-7-8-33(5)23-15(18)11-19(35)21-16(23)9-14-10-17-24(32(3)4)26(37)22(29(31)40)28(39)30(17,41)27(38)20(14)25(21)36/h11,13-14,17-18,24,35-36,39,41H,7-10,12H2,1-6H3,(H2,31,40)/t14-,17-,18?,24+,30+/m1/s1. The fourth-order valence-electron chi connectivity index (χ4n) is 7.78. The van der Waals surface area contributed by atoms with Crippen LogP contribution in [-0.2, 0) is 20.8 Å². The van der Waals surface area contributed by atoms with Crippen LogP contribution in [0.4, 0.5) is 5.69 Å². The minimum absolute atomic E-state index is 0.0498. The number of nitrogens with two attached hydrogens (primary N) is 1. The smallest absolute Gasteiger partial charge is 0.255 e. The second-order valence-electron chi connectivity index (χ2n) is 12.7. The Morgan fingerprint density at radius 3 is 2.44 bits per heavy atom. The molecule has 1 unspecified atom stereocenters. The maximum Gasteiger partial charge on any atom is 0.255 e. The molecule has 3 aliphatic carbocycles. The van der Waals surface area contributed by atoms with Gasteiger partial charge in [-0.25, -0.2) is 0 Å². The quantitative estimate of drug-likeness (QED) is 0.328. The van der Waals surface area contributed by atoms with Gasteiger partial charge in [-0.1, -0.05) is 13.8 Å². The topological polar surface area (TPSA) is 168 Å². The third kappa shape index (κ3) is 4.08. The number of nitrogens with zero attached hydrogens (tertiary/aromatic N) is 3. The highest BCUT2D eigenvalue weighted by Gasteiger charge is 2.64. The van der Waals surface area contributed by atoms with Crippen molar-refractivity contribution in [3.63, 3.8) is 0 Å². The van der Waals surface area contributed by atoms with Crippen LogP contribution in [0, 0.1) is 17.8 Å². The highest BCUT2D eigenvalue weighted by Crippen LogP contribution is 2.55. The number of hydrogen-bond acceptors (Lipinski definition) is 10. The second kappa shape index (κ2) is 9.85. The molecule has 11 heteroatoms. The van der Waals surface area contributed by atoms with Crippen LogP contribution in [0.2, 0.25) is 0 Å². The van der Waals surface area contributed by atoms with Crippen molar-refractivity contribution in [2.24, 2.45) is 23.5 Å². The third-order valence-corrected chi connectivity index (χ3v) is 9.39. The molecule has 1 saturated carbocycles. The number of phenolic OH excluding ortho intramolecular Hbond substituents is 1. The molecule has 5 rings (SSSR count). The summed E-state index contributed by atoms with van der Waals surface area (Å²) in [4.78, 5) is 45.4. The van der Waals surface area contributed by atoms with Crippen molar-refractivity contribution in [2.75, 3.05) is 46.2 Å². The van der Waals surface area contributed by atoms with Crippen LogP contribution in [0.5, 0.6) is 5.75 Å². The Labute approximate surface area is 239 Å². The number of anilines is 1. The van der Waals surface area contributed by atoms with Crippen LogP contribution in [0.3, 0.4) is 0 Å². The zero-order valence-electron chi connectivity index (χ0n) is 24.4. The van der Waals surface area contributed by atoms with Crippen LogP contribution in [-0.4, -0.2) is 101 Å². The molecule has 6 N–H and O–H groups in total. The second-order valence-corrected chi connectivity index (χ2v) is 12.7. The van der Waals surface area contributed by atoms with Gasteiger partial charge in [-0.2, -0.15) is 0 Å². The summed E-state index contributed by atoms with van der Waals surface area (Å²) in [6, 6.07) is 0.591. The zero-order valence-corrected chi connectivity index (χ0v) is 24.4. The van der Waals surface area contributed by atoms with Crippen LogP contribution >= 0.6 is 0 Å². The molecule has 0 spiro atoms. The van der Waals surface area contributed by atoms with Crippen LogP contribution in [0.1, 0.15) is 49.4 Å². The van der Waals surface area contributed by atoms with E-state index in [4.69, 9.17) is 5.73 Å². The molecule has 0 aromatic heterocycles. The van der Waals surface area contributed by atoms with Gasteiger partial charge in [0.2, 0.25) is 5.78 Å². The maximum atomic E-state index is 14.1. The van der Waals surface area contributed by atoms with E-state index in [1.54, 1.807) is 20.2 Å². The highest BCUT2D eigenvalue weighted by atomic mass is 16.3. The van der Waals surface area contributed by atoms with Gasteiger partial charge in [0.15, 0.2) is 11.4 Å². The van der Waals surface area contributed by atoms with Crippen molar-refractivity contribution in [3.05, 3.63) is 39.7 Å². The van der Waals surface area contributed by atoms with Crippen molar-refractivity contribution in [1.29, 1.82) is 0 Å². The number of ketones is 2. The highest BCUT2D eigenvalue weighted by molar-refractivity contribution is 6.24. The Hall–Kier alpha value is -3.41. The lowest BCUT2D eigenvalue weighted by molar-refractivity contribution is -0.153. The number of hydrogen-bond donors (Lipinski definition) is 5. The number of fused-ring (bicyclic) bond motifs is 5. The van der Waals surface area contributed by atoms with Crippen molar-refractivity contribution in [1.82, 2.24) is 9.80 Å². The molecular formula is C30H40N4O7. The Morgan fingerprint density at radius 1 is 1.20 bits per heavy atom. The van der Waals surface area contributed by atoms with E-state index < -0.39 is 58.0 Å². The first-order valence-electron chi connectivity index (χ1n) is 14.1. The van der Waals surface area contributed by atoms with Gasteiger partial charge in [0, 0.05) is 43.4 Å². The first-order chi connectivity index (χ1) is 19.1. The van der Waals surface area contributed by atoms with Gasteiger partial charge in [0.25, 0.3) is 5.91 Å². The SMILES string of the molecule is CC(C)CN(C)C1CCN(C)c2c1cc(O)c1c2C[C@@H]2C[C@@H]3[C@H](N(C)C)C(=O)C(C(N)=O)=C(O)[C@@]3(O)C(=O)C2=C1O. The fraction of sp³-hybridized carbons (Fsp3) is 0.567. The monoisotopic (exact) mass is 568 g/mol. The van der Waals surface area contributed by atoms with E-state index in [1.165, 1.54) is 4.90 Å². The minimum atomic E-state index is -2.64. The zero-order chi connectivity index (χ0) is 30.3. The van der Waals surface area contributed by atoms with Gasteiger partial charge in [0.05, 0.1) is 11.6 Å². The Bertz CT molecular complexity index is 1410. The minimum Gasteiger partial charge on any atom is -0.508 e. The molecule has 222 valence electrons. The van der Waals surface area contributed by atoms with Crippen molar-refractivity contribution >= 4 is 28.9 Å². The molecule has 1 heterocycles. The van der Waals surface area contributed by atoms with Crippen LogP contribution < -0.4 is 10.6 Å². The van der Waals surface area contributed by atoms with E-state index in [9.17, 15) is 34.8 Å². The predicted octanol–water partition coefficient (Wildman–Crippen LogP) is 1.43. The molecule has 11 nitrogen and oxygen atoms in total. The Morgan fingerprint density at radius 2 is 1.85 bits per heavy atom. The number of likely N-dealkylation sites (N-methyl/N-ethyl adjacent to an activating group) is 1. The Kier molecular flexibility index (Phi) is 6.99. The molecule has 5 atom stereocenters. The average Bonchev–Trinajstić information content (AvgIpc) is 2.85. The third-order valence-electron chi connectivity index (χ3n) is 9.39. The molecular weight excluding hydrogens is 528 g/mol. The summed E-state index contributed by atoms with van der Waals surface area (Å²) in [5.74, 6) is -6.00. The van der Waals surface area contributed by atoms with E-state index >= 15 is 0 Å². The first-order valence-corrected chi connectivity index (χ1v) is 14.1. The molecule has 41 heavy (non-hydrogen) atoms. The van der Waals surface area contributed by atoms with E-state index in [1.807, 2.05) is 7.05 Å². The number of primary amides is 1. The number of amides is 1. The van der Waals surface area contributed by atoms with E-state index in [2.05, 4.69) is 30.7 Å². The van der Waals surface area contributed by atoms with Gasteiger partial charge in [-0.05, 0) is 69.4 Å². The molecule has 1 amide bonds. The predicted molar refractivity (Wildman–Crippen MR) is 152 cm³/mol. The van der Waals surface area contributed by atoms with Crippen molar-refractivity contribution < 1.29 is 34.8 Å². The molecule has 1 aromatic carbocycles. The molecule has 0 radical (unpaired) electrons. The fourth-order valence-corrected chi connectivity index (χ4v) is 7.78. The number of carbonyl (C=O) groups excluding carboxylic acids is 3. The summed E-state index contributed by atoms with van der Waals surface area (Å²) in [5.41, 5.74) is 4.46. The molecule has 0 bridgehead atoms. The van der Waals surface area contributed by atoms with E-state index in [-0.39, 0.29) is 35.8 Å². The van der Waals surface area contributed by atoms with Gasteiger partial charge < -0.3 is 31.1 Å². The summed E-state index contributed by atoms with van der Waals surface area (Å²) in [6.07, 6.45) is 1.20. The summed E-state index contributed by atoms with van der Waals surface area (Å²) in [6.45, 7) is 5.92. The molecule has 1 fully saturated rings. The molecule has 4 aliphatic rings. The largest absolute Gasteiger partial charge is 0.508 e.